The van der Waals surface area contributed by atoms with E-state index >= 15 is 0 Å². The summed E-state index contributed by atoms with van der Waals surface area (Å²) < 4.78 is 5.94. The van der Waals surface area contributed by atoms with Gasteiger partial charge in [-0.2, -0.15) is 0 Å². The van der Waals surface area contributed by atoms with Crippen LogP contribution in [-0.4, -0.2) is 66.1 Å². The van der Waals surface area contributed by atoms with Crippen molar-refractivity contribution in [2.45, 2.75) is 50.4 Å². The van der Waals surface area contributed by atoms with Crippen LogP contribution in [0.5, 0.6) is 5.75 Å². The number of amides is 4. The van der Waals surface area contributed by atoms with Gasteiger partial charge in [-0.05, 0) is 74.6 Å². The molecule has 1 atom stereocenters. The lowest BCUT2D eigenvalue weighted by atomic mass is 9.91. The summed E-state index contributed by atoms with van der Waals surface area (Å²) in [5, 5.41) is 5.94. The summed E-state index contributed by atoms with van der Waals surface area (Å²) in [5.41, 5.74) is 7.04. The van der Waals surface area contributed by atoms with E-state index in [-0.39, 0.29) is 23.9 Å². The first-order valence-electron chi connectivity index (χ1n) is 12.2. The van der Waals surface area contributed by atoms with Crippen LogP contribution in [0.3, 0.4) is 0 Å². The number of methoxy groups -OCH3 is 1. The van der Waals surface area contributed by atoms with Gasteiger partial charge in [0, 0.05) is 40.9 Å². The molecule has 4 rings (SSSR count). The Balaban J connectivity index is 1.58. The average molecular weight is 558 g/mol. The van der Waals surface area contributed by atoms with Crippen molar-refractivity contribution in [3.05, 3.63) is 58.6 Å². The van der Waals surface area contributed by atoms with E-state index in [1.165, 1.54) is 9.80 Å². The molecule has 4 amide bonds. The molecule has 192 valence electrons. The number of anilines is 1. The van der Waals surface area contributed by atoms with Crippen LogP contribution in [0.1, 0.15) is 42.5 Å². The molecule has 0 aromatic heterocycles. The van der Waals surface area contributed by atoms with Crippen molar-refractivity contribution in [3.8, 4) is 5.75 Å². The summed E-state index contributed by atoms with van der Waals surface area (Å²) in [5.74, 6) is 0.00804. The van der Waals surface area contributed by atoms with Crippen molar-refractivity contribution in [2.75, 3.05) is 25.5 Å². The minimum Gasteiger partial charge on any atom is -0.497 e. The summed E-state index contributed by atoms with van der Waals surface area (Å²) in [4.78, 5) is 43.5. The quantitative estimate of drug-likeness (QED) is 0.519. The molecule has 2 aromatic carbocycles. The molecule has 2 aromatic rings. The molecule has 4 N–H and O–H groups in total. The standard InChI is InChI=1S/C26H32BrN5O4/c1-36-22-12-10-21(11-13-22)30-26(35)32-15-3-14-31(25(34)17-4-2-5-18(27)16-17)24(32)23(33)29-20-8-6-19(28)7-9-20/h2,4-5,10-13,16,19-20,24H,3,6-9,14-15,28H2,1H3,(H,29,33)(H,30,35). The Labute approximate surface area is 219 Å². The molecule has 1 heterocycles. The number of hydrogen-bond acceptors (Lipinski definition) is 5. The first kappa shape index (κ1) is 26.0. The molecular weight excluding hydrogens is 526 g/mol. The number of nitrogens with zero attached hydrogens (tertiary/aromatic N) is 2. The number of carbonyl (C=O) groups excluding carboxylic acids is 3. The molecule has 1 unspecified atom stereocenters. The van der Waals surface area contributed by atoms with Crippen molar-refractivity contribution in [1.29, 1.82) is 0 Å². The maximum absolute atomic E-state index is 13.6. The van der Waals surface area contributed by atoms with E-state index in [0.29, 0.717) is 36.5 Å². The zero-order valence-electron chi connectivity index (χ0n) is 20.3. The van der Waals surface area contributed by atoms with Gasteiger partial charge in [-0.1, -0.05) is 22.0 Å². The Morgan fingerprint density at radius 1 is 1.00 bits per heavy atom. The fraction of sp³-hybridized carbons (Fsp3) is 0.423. The number of benzene rings is 2. The number of hydrogen-bond donors (Lipinski definition) is 3. The summed E-state index contributed by atoms with van der Waals surface area (Å²) in [6.07, 6.45) is 2.70. The molecule has 1 saturated heterocycles. The molecule has 10 heteroatoms. The Morgan fingerprint density at radius 2 is 1.69 bits per heavy atom. The minimum absolute atomic E-state index is 0.0338. The Morgan fingerprint density at radius 3 is 2.36 bits per heavy atom. The highest BCUT2D eigenvalue weighted by atomic mass is 79.9. The Bertz CT molecular complexity index is 1090. The lowest BCUT2D eigenvalue weighted by Crippen LogP contribution is -2.65. The van der Waals surface area contributed by atoms with Crippen LogP contribution >= 0.6 is 15.9 Å². The van der Waals surface area contributed by atoms with Gasteiger partial charge in [-0.25, -0.2) is 4.79 Å². The molecular formula is C26H32BrN5O4. The number of nitrogens with one attached hydrogen (secondary N) is 2. The summed E-state index contributed by atoms with van der Waals surface area (Å²) >= 11 is 3.41. The van der Waals surface area contributed by atoms with Crippen molar-refractivity contribution in [1.82, 2.24) is 15.1 Å². The van der Waals surface area contributed by atoms with E-state index in [1.54, 1.807) is 49.6 Å². The molecule has 0 radical (unpaired) electrons. The lowest BCUT2D eigenvalue weighted by Gasteiger charge is -2.43. The fourth-order valence-electron chi connectivity index (χ4n) is 4.73. The Kier molecular flexibility index (Phi) is 8.48. The molecule has 36 heavy (non-hydrogen) atoms. The van der Waals surface area contributed by atoms with E-state index in [4.69, 9.17) is 10.5 Å². The third-order valence-electron chi connectivity index (χ3n) is 6.68. The second-order valence-corrected chi connectivity index (χ2v) is 10.1. The van der Waals surface area contributed by atoms with Crippen LogP contribution in [0.4, 0.5) is 10.5 Å². The second-order valence-electron chi connectivity index (χ2n) is 9.21. The normalized spacial score (nSPS) is 22.0. The van der Waals surface area contributed by atoms with Crippen LogP contribution < -0.4 is 21.1 Å². The molecule has 2 fully saturated rings. The zero-order chi connectivity index (χ0) is 25.7. The van der Waals surface area contributed by atoms with Gasteiger partial charge >= 0.3 is 6.03 Å². The van der Waals surface area contributed by atoms with Gasteiger partial charge < -0.3 is 26.0 Å². The molecule has 1 aliphatic carbocycles. The van der Waals surface area contributed by atoms with E-state index < -0.39 is 12.2 Å². The molecule has 0 bridgehead atoms. The lowest BCUT2D eigenvalue weighted by molar-refractivity contribution is -0.133. The van der Waals surface area contributed by atoms with E-state index in [2.05, 4.69) is 26.6 Å². The predicted molar refractivity (Wildman–Crippen MR) is 141 cm³/mol. The highest BCUT2D eigenvalue weighted by Crippen LogP contribution is 2.24. The Hall–Kier alpha value is -3.11. The van der Waals surface area contributed by atoms with Crippen LogP contribution in [0.25, 0.3) is 0 Å². The van der Waals surface area contributed by atoms with Gasteiger partial charge in [-0.3, -0.25) is 14.5 Å². The number of ether oxygens (including phenoxy) is 1. The summed E-state index contributed by atoms with van der Waals surface area (Å²) in [6.45, 7) is 0.711. The van der Waals surface area contributed by atoms with Crippen LogP contribution in [0, 0.1) is 0 Å². The number of rotatable bonds is 5. The predicted octanol–water partition coefficient (Wildman–Crippen LogP) is 3.55. The molecule has 1 saturated carbocycles. The van der Waals surface area contributed by atoms with Gasteiger partial charge in [0.25, 0.3) is 11.8 Å². The number of halogens is 1. The SMILES string of the molecule is COc1ccc(NC(=O)N2CCCN(C(=O)c3cccc(Br)c3)C2C(=O)NC2CCC(N)CC2)cc1. The fourth-order valence-corrected chi connectivity index (χ4v) is 5.13. The number of carbonyl (C=O) groups is 3. The third kappa shape index (κ3) is 6.17. The zero-order valence-corrected chi connectivity index (χ0v) is 21.9. The van der Waals surface area contributed by atoms with E-state index in [1.807, 2.05) is 6.07 Å². The summed E-state index contributed by atoms with van der Waals surface area (Å²) in [7, 11) is 1.57. The average Bonchev–Trinajstić information content (AvgIpc) is 2.89. The van der Waals surface area contributed by atoms with Crippen molar-refractivity contribution in [2.24, 2.45) is 5.73 Å². The maximum atomic E-state index is 13.6. The van der Waals surface area contributed by atoms with Crippen LogP contribution in [0.2, 0.25) is 0 Å². The molecule has 0 spiro atoms. The van der Waals surface area contributed by atoms with Gasteiger partial charge in [0.2, 0.25) is 0 Å². The van der Waals surface area contributed by atoms with Gasteiger partial charge in [0.05, 0.1) is 7.11 Å². The summed E-state index contributed by atoms with van der Waals surface area (Å²) in [6, 6.07) is 13.6. The largest absolute Gasteiger partial charge is 0.497 e. The number of urea groups is 1. The van der Waals surface area contributed by atoms with E-state index in [9.17, 15) is 14.4 Å². The van der Waals surface area contributed by atoms with E-state index in [0.717, 1.165) is 30.2 Å². The third-order valence-corrected chi connectivity index (χ3v) is 7.17. The van der Waals surface area contributed by atoms with Crippen LogP contribution in [0.15, 0.2) is 53.0 Å². The first-order chi connectivity index (χ1) is 17.4. The second kappa shape index (κ2) is 11.7. The highest BCUT2D eigenvalue weighted by Gasteiger charge is 2.41. The van der Waals surface area contributed by atoms with Crippen molar-refractivity contribution in [3.63, 3.8) is 0 Å². The van der Waals surface area contributed by atoms with Gasteiger partial charge in [-0.15, -0.1) is 0 Å². The highest BCUT2D eigenvalue weighted by molar-refractivity contribution is 9.10. The van der Waals surface area contributed by atoms with Gasteiger partial charge in [0.1, 0.15) is 5.75 Å². The molecule has 9 nitrogen and oxygen atoms in total. The van der Waals surface area contributed by atoms with Crippen molar-refractivity contribution >= 4 is 39.5 Å². The van der Waals surface area contributed by atoms with Gasteiger partial charge in [0.15, 0.2) is 6.17 Å². The minimum atomic E-state index is -1.07. The molecule has 1 aliphatic heterocycles. The topological polar surface area (TPSA) is 117 Å². The smallest absolute Gasteiger partial charge is 0.323 e. The maximum Gasteiger partial charge on any atom is 0.323 e. The molecule has 2 aliphatic rings. The number of nitrogens with two attached hydrogens (primary N) is 1. The van der Waals surface area contributed by atoms with Crippen LogP contribution in [-0.2, 0) is 4.79 Å². The van der Waals surface area contributed by atoms with Crippen molar-refractivity contribution < 1.29 is 19.1 Å². The monoisotopic (exact) mass is 557 g/mol. The first-order valence-corrected chi connectivity index (χ1v) is 13.0.